The first-order valence-corrected chi connectivity index (χ1v) is 9.34. The quantitative estimate of drug-likeness (QED) is 0.836. The zero-order chi connectivity index (χ0) is 17.1. The van der Waals surface area contributed by atoms with Gasteiger partial charge in [-0.1, -0.05) is 0 Å². The van der Waals surface area contributed by atoms with Gasteiger partial charge in [0.2, 0.25) is 0 Å². The van der Waals surface area contributed by atoms with Crippen LogP contribution in [0, 0.1) is 0 Å². The van der Waals surface area contributed by atoms with Gasteiger partial charge in [0.1, 0.15) is 12.2 Å². The van der Waals surface area contributed by atoms with Crippen molar-refractivity contribution in [2.75, 3.05) is 44.4 Å². The molecule has 0 radical (unpaired) electrons. The van der Waals surface area contributed by atoms with Crippen LogP contribution in [-0.2, 0) is 20.8 Å². The van der Waals surface area contributed by atoms with Crippen molar-refractivity contribution in [1.29, 1.82) is 0 Å². The maximum Gasteiger partial charge on any atom is 0.253 e. The second-order valence-corrected chi connectivity index (χ2v) is 7.34. The molecule has 4 rings (SSSR count). The number of morpholine rings is 1. The molecule has 25 heavy (non-hydrogen) atoms. The number of rotatable bonds is 3. The van der Waals surface area contributed by atoms with E-state index in [9.17, 15) is 4.79 Å². The largest absolute Gasteiger partial charge is 0.377 e. The third kappa shape index (κ3) is 3.74. The normalized spacial score (nSPS) is 25.3. The van der Waals surface area contributed by atoms with E-state index in [1.54, 1.807) is 28.6 Å². The summed E-state index contributed by atoms with van der Waals surface area (Å²) in [7, 11) is 0. The van der Waals surface area contributed by atoms with Gasteiger partial charge in [-0.05, 0) is 34.5 Å². The number of anilines is 1. The van der Waals surface area contributed by atoms with E-state index >= 15 is 0 Å². The van der Waals surface area contributed by atoms with Crippen molar-refractivity contribution < 1.29 is 14.3 Å². The van der Waals surface area contributed by atoms with Gasteiger partial charge in [0, 0.05) is 25.8 Å². The van der Waals surface area contributed by atoms with Gasteiger partial charge in [0.25, 0.3) is 5.91 Å². The molecule has 6 nitrogen and oxygen atoms in total. The topological polar surface area (TPSA) is 54.9 Å². The van der Waals surface area contributed by atoms with E-state index in [0.717, 1.165) is 25.3 Å². The molecule has 2 fully saturated rings. The van der Waals surface area contributed by atoms with E-state index in [2.05, 4.69) is 26.7 Å². The van der Waals surface area contributed by atoms with E-state index in [0.29, 0.717) is 19.8 Å². The Kier molecular flexibility index (Phi) is 4.80. The Hall–Kier alpha value is -1.80. The van der Waals surface area contributed by atoms with E-state index in [1.165, 1.54) is 5.56 Å². The summed E-state index contributed by atoms with van der Waals surface area (Å²) in [5.74, 6) is -0.0349. The highest BCUT2D eigenvalue weighted by Gasteiger charge is 2.43. The molecule has 0 aromatic carbocycles. The lowest BCUT2D eigenvalue weighted by atomic mass is 10.0. The highest BCUT2D eigenvalue weighted by molar-refractivity contribution is 7.07. The van der Waals surface area contributed by atoms with Crippen molar-refractivity contribution in [3.8, 4) is 0 Å². The van der Waals surface area contributed by atoms with E-state index < -0.39 is 5.60 Å². The van der Waals surface area contributed by atoms with Crippen molar-refractivity contribution >= 4 is 22.9 Å². The molecule has 0 unspecified atom stereocenters. The molecule has 7 heteroatoms. The molecule has 0 aliphatic carbocycles. The third-order valence-corrected chi connectivity index (χ3v) is 5.35. The first kappa shape index (κ1) is 16.7. The molecule has 0 N–H and O–H groups in total. The molecular formula is C18H21N3O3S. The highest BCUT2D eigenvalue weighted by Crippen LogP contribution is 2.27. The van der Waals surface area contributed by atoms with Crippen LogP contribution in [0.15, 0.2) is 41.4 Å². The van der Waals surface area contributed by atoms with Gasteiger partial charge in [0.15, 0.2) is 0 Å². The lowest BCUT2D eigenvalue weighted by molar-refractivity contribution is -0.146. The maximum atomic E-state index is 12.4. The molecular weight excluding hydrogens is 338 g/mol. The second kappa shape index (κ2) is 7.21. The Balaban J connectivity index is 1.53. The molecule has 2 aliphatic rings. The third-order valence-electron chi connectivity index (χ3n) is 4.62. The number of amides is 1. The number of ether oxygens (including phenoxy) is 2. The summed E-state index contributed by atoms with van der Waals surface area (Å²) in [6.45, 7) is 4.21. The maximum absolute atomic E-state index is 12.4. The van der Waals surface area contributed by atoms with Crippen LogP contribution in [0.25, 0.3) is 0 Å². The minimum Gasteiger partial charge on any atom is -0.377 e. The van der Waals surface area contributed by atoms with E-state index in [-0.39, 0.29) is 12.5 Å². The van der Waals surface area contributed by atoms with Gasteiger partial charge < -0.3 is 14.4 Å². The minimum atomic E-state index is -0.504. The van der Waals surface area contributed by atoms with Gasteiger partial charge in [0.05, 0.1) is 31.6 Å². The molecule has 2 aliphatic heterocycles. The zero-order valence-corrected chi connectivity index (χ0v) is 14.8. The molecule has 1 amide bonds. The van der Waals surface area contributed by atoms with Gasteiger partial charge in [-0.3, -0.25) is 14.7 Å². The summed E-state index contributed by atoms with van der Waals surface area (Å²) >= 11 is 1.71. The SMILES string of the molecule is O=C1CO[C@]2(COCCN(Cc3ccsc3)C2)CN1c1cccnc1. The number of nitrogens with zero attached hydrogens (tertiary/aromatic N) is 3. The number of carbonyl (C=O) groups excluding carboxylic acids is 1. The second-order valence-electron chi connectivity index (χ2n) is 6.56. The highest BCUT2D eigenvalue weighted by atomic mass is 32.1. The van der Waals surface area contributed by atoms with E-state index in [4.69, 9.17) is 9.47 Å². The van der Waals surface area contributed by atoms with Gasteiger partial charge >= 0.3 is 0 Å². The van der Waals surface area contributed by atoms with Crippen LogP contribution in [0.5, 0.6) is 0 Å². The Morgan fingerprint density at radius 1 is 1.32 bits per heavy atom. The van der Waals surface area contributed by atoms with Crippen LogP contribution in [0.3, 0.4) is 0 Å². The summed E-state index contributed by atoms with van der Waals surface area (Å²) in [5.41, 5.74) is 1.61. The molecule has 2 saturated heterocycles. The molecule has 1 atom stereocenters. The van der Waals surface area contributed by atoms with Crippen molar-refractivity contribution in [2.24, 2.45) is 0 Å². The monoisotopic (exact) mass is 359 g/mol. The summed E-state index contributed by atoms with van der Waals surface area (Å²) < 4.78 is 11.9. The zero-order valence-electron chi connectivity index (χ0n) is 14.0. The smallest absolute Gasteiger partial charge is 0.253 e. The Morgan fingerprint density at radius 2 is 2.28 bits per heavy atom. The predicted molar refractivity (Wildman–Crippen MR) is 95.7 cm³/mol. The fourth-order valence-corrected chi connectivity index (χ4v) is 4.07. The molecule has 0 bridgehead atoms. The van der Waals surface area contributed by atoms with Crippen molar-refractivity contribution in [3.05, 3.63) is 46.9 Å². The number of hydrogen-bond acceptors (Lipinski definition) is 6. The van der Waals surface area contributed by atoms with Crippen LogP contribution < -0.4 is 4.90 Å². The number of hydrogen-bond donors (Lipinski definition) is 0. The number of aromatic nitrogens is 1. The van der Waals surface area contributed by atoms with Crippen LogP contribution in [0.1, 0.15) is 5.56 Å². The van der Waals surface area contributed by atoms with Crippen molar-refractivity contribution in [1.82, 2.24) is 9.88 Å². The lowest BCUT2D eigenvalue weighted by Gasteiger charge is -2.42. The van der Waals surface area contributed by atoms with Crippen LogP contribution in [0.2, 0.25) is 0 Å². The summed E-state index contributed by atoms with van der Waals surface area (Å²) in [6, 6.07) is 5.90. The summed E-state index contributed by atoms with van der Waals surface area (Å²) in [5, 5.41) is 4.27. The minimum absolute atomic E-state index is 0.0349. The van der Waals surface area contributed by atoms with E-state index in [1.807, 2.05) is 12.1 Å². The Morgan fingerprint density at radius 3 is 3.08 bits per heavy atom. The Labute approximate surface area is 151 Å². The number of pyridine rings is 1. The summed E-state index contributed by atoms with van der Waals surface area (Å²) in [4.78, 5) is 20.6. The van der Waals surface area contributed by atoms with Crippen molar-refractivity contribution in [2.45, 2.75) is 12.1 Å². The lowest BCUT2D eigenvalue weighted by Crippen LogP contribution is -2.60. The molecule has 4 heterocycles. The molecule has 132 valence electrons. The van der Waals surface area contributed by atoms with Crippen LogP contribution in [-0.4, -0.2) is 60.8 Å². The summed E-state index contributed by atoms with van der Waals surface area (Å²) in [6.07, 6.45) is 3.43. The van der Waals surface area contributed by atoms with Crippen LogP contribution >= 0.6 is 11.3 Å². The first-order valence-electron chi connectivity index (χ1n) is 8.40. The van der Waals surface area contributed by atoms with Gasteiger partial charge in [-0.2, -0.15) is 11.3 Å². The predicted octanol–water partition coefficient (Wildman–Crippen LogP) is 1.78. The first-order chi connectivity index (χ1) is 12.2. The number of thiophene rings is 1. The standard InChI is InChI=1S/C18H21N3O3S/c22-17-10-24-18(13-21(17)16-2-1-4-19-8-16)12-20(5-6-23-14-18)9-15-3-7-25-11-15/h1-4,7-8,11H,5-6,9-10,12-14H2/t18-/m0/s1. The fourth-order valence-electron chi connectivity index (χ4n) is 3.41. The molecule has 2 aromatic rings. The van der Waals surface area contributed by atoms with Crippen LogP contribution in [0.4, 0.5) is 5.69 Å². The van der Waals surface area contributed by atoms with Gasteiger partial charge in [-0.15, -0.1) is 0 Å². The number of carbonyl (C=O) groups is 1. The molecule has 1 spiro atoms. The average molecular weight is 359 g/mol. The van der Waals surface area contributed by atoms with Gasteiger partial charge in [-0.25, -0.2) is 0 Å². The Bertz CT molecular complexity index is 710. The molecule has 2 aromatic heterocycles. The fraction of sp³-hybridized carbons (Fsp3) is 0.444. The van der Waals surface area contributed by atoms with Crippen molar-refractivity contribution in [3.63, 3.8) is 0 Å². The average Bonchev–Trinajstić information content (AvgIpc) is 3.07. The molecule has 0 saturated carbocycles.